The van der Waals surface area contributed by atoms with Crippen LogP contribution in [0.2, 0.25) is 5.02 Å². The van der Waals surface area contributed by atoms with Crippen LogP contribution in [-0.2, 0) is 4.79 Å². The lowest BCUT2D eigenvalue weighted by Gasteiger charge is -2.34. The Bertz CT molecular complexity index is 506. The Balaban J connectivity index is 3.20. The van der Waals surface area contributed by atoms with Crippen molar-refractivity contribution in [2.24, 2.45) is 0 Å². The highest BCUT2D eigenvalue weighted by Gasteiger charge is 2.30. The smallest absolute Gasteiger partial charge is 0.323 e. The molecule has 1 N–H and O–H groups in total. The van der Waals surface area contributed by atoms with Crippen LogP contribution in [0.4, 0.5) is 0 Å². The fraction of sp³-hybridized carbons (Fsp3) is 0.429. The second kappa shape index (κ2) is 5.61. The molecular weight excluding hydrogens is 266 g/mol. The molecule has 0 saturated carbocycles. The van der Waals surface area contributed by atoms with Crippen molar-refractivity contribution in [2.45, 2.75) is 33.2 Å². The highest BCUT2D eigenvalue weighted by molar-refractivity contribution is 6.34. The van der Waals surface area contributed by atoms with E-state index < -0.39 is 11.5 Å². The largest absolute Gasteiger partial charge is 0.480 e. The Hall–Kier alpha value is -1.55. The predicted molar refractivity (Wildman–Crippen MR) is 74.6 cm³/mol. The number of halogens is 1. The summed E-state index contributed by atoms with van der Waals surface area (Å²) in [5, 5.41) is 9.31. The molecule has 0 atom stereocenters. The van der Waals surface area contributed by atoms with Crippen LogP contribution in [0.1, 0.15) is 36.7 Å². The Morgan fingerprint density at radius 3 is 2.37 bits per heavy atom. The molecule has 1 rings (SSSR count). The number of carbonyl (C=O) groups is 2. The summed E-state index contributed by atoms with van der Waals surface area (Å²) >= 11 is 6.12. The summed E-state index contributed by atoms with van der Waals surface area (Å²) in [5.74, 6) is -1.42. The van der Waals surface area contributed by atoms with Crippen LogP contribution >= 0.6 is 11.6 Å². The molecule has 5 heteroatoms. The first-order valence-corrected chi connectivity index (χ1v) is 6.31. The third-order valence-electron chi connectivity index (χ3n) is 2.77. The van der Waals surface area contributed by atoms with Gasteiger partial charge in [0.15, 0.2) is 0 Å². The maximum Gasteiger partial charge on any atom is 0.323 e. The van der Waals surface area contributed by atoms with E-state index in [9.17, 15) is 9.59 Å². The van der Waals surface area contributed by atoms with E-state index in [0.717, 1.165) is 5.56 Å². The van der Waals surface area contributed by atoms with Gasteiger partial charge in [0.05, 0.1) is 10.6 Å². The average Bonchev–Trinajstić information content (AvgIpc) is 2.27. The Kier molecular flexibility index (Phi) is 4.58. The summed E-state index contributed by atoms with van der Waals surface area (Å²) in [7, 11) is 0. The van der Waals surface area contributed by atoms with Gasteiger partial charge in [-0.2, -0.15) is 0 Å². The molecule has 0 aliphatic rings. The van der Waals surface area contributed by atoms with Gasteiger partial charge in [-0.3, -0.25) is 9.59 Å². The van der Waals surface area contributed by atoms with Crippen LogP contribution < -0.4 is 0 Å². The van der Waals surface area contributed by atoms with E-state index in [-0.39, 0.29) is 12.5 Å². The first-order valence-electron chi connectivity index (χ1n) is 5.93. The summed E-state index contributed by atoms with van der Waals surface area (Å²) in [6.07, 6.45) is 0. The van der Waals surface area contributed by atoms with E-state index in [2.05, 4.69) is 0 Å². The zero-order valence-corrected chi connectivity index (χ0v) is 12.3. The maximum atomic E-state index is 12.5. The summed E-state index contributed by atoms with van der Waals surface area (Å²) in [4.78, 5) is 24.7. The summed E-state index contributed by atoms with van der Waals surface area (Å²) in [6, 6.07) is 5.14. The van der Waals surface area contributed by atoms with Gasteiger partial charge in [0, 0.05) is 5.54 Å². The average molecular weight is 284 g/mol. The minimum atomic E-state index is -1.05. The fourth-order valence-corrected chi connectivity index (χ4v) is 1.91. The van der Waals surface area contributed by atoms with E-state index in [1.807, 2.05) is 0 Å². The number of carboxylic acids is 1. The topological polar surface area (TPSA) is 57.6 Å². The molecule has 0 spiro atoms. The quantitative estimate of drug-likeness (QED) is 0.928. The molecule has 0 saturated heterocycles. The maximum absolute atomic E-state index is 12.5. The van der Waals surface area contributed by atoms with Gasteiger partial charge in [-0.1, -0.05) is 23.7 Å². The molecular formula is C14H18ClNO3. The molecule has 104 valence electrons. The molecule has 19 heavy (non-hydrogen) atoms. The SMILES string of the molecule is Cc1cccc(C(=O)N(CC(=O)O)C(C)(C)C)c1Cl. The van der Waals surface area contributed by atoms with Crippen LogP contribution in [0.25, 0.3) is 0 Å². The lowest BCUT2D eigenvalue weighted by molar-refractivity contribution is -0.138. The molecule has 1 aromatic carbocycles. The molecule has 0 aliphatic heterocycles. The van der Waals surface area contributed by atoms with Gasteiger partial charge < -0.3 is 10.0 Å². The predicted octanol–water partition coefficient (Wildman–Crippen LogP) is 2.97. The van der Waals surface area contributed by atoms with E-state index in [0.29, 0.717) is 10.6 Å². The molecule has 4 nitrogen and oxygen atoms in total. The van der Waals surface area contributed by atoms with Gasteiger partial charge in [0.2, 0.25) is 0 Å². The number of aliphatic carboxylic acids is 1. The molecule has 1 amide bonds. The summed E-state index contributed by atoms with van der Waals surface area (Å²) in [5.41, 5.74) is 0.525. The number of benzene rings is 1. The zero-order chi connectivity index (χ0) is 14.8. The zero-order valence-electron chi connectivity index (χ0n) is 11.5. The molecule has 0 fully saturated rings. The molecule has 0 aliphatic carbocycles. The number of hydrogen-bond donors (Lipinski definition) is 1. The van der Waals surface area contributed by atoms with Crippen LogP contribution in [0.15, 0.2) is 18.2 Å². The second-order valence-corrected chi connectivity index (χ2v) is 5.77. The molecule has 0 bridgehead atoms. The van der Waals surface area contributed by atoms with Crippen molar-refractivity contribution >= 4 is 23.5 Å². The Morgan fingerprint density at radius 1 is 1.32 bits per heavy atom. The van der Waals surface area contributed by atoms with Gasteiger partial charge in [-0.15, -0.1) is 0 Å². The van der Waals surface area contributed by atoms with Gasteiger partial charge in [0.25, 0.3) is 5.91 Å². The van der Waals surface area contributed by atoms with Crippen molar-refractivity contribution in [2.75, 3.05) is 6.54 Å². The van der Waals surface area contributed by atoms with Gasteiger partial charge in [-0.05, 0) is 39.3 Å². The molecule has 0 aromatic heterocycles. The highest BCUT2D eigenvalue weighted by Crippen LogP contribution is 2.24. The summed E-state index contributed by atoms with van der Waals surface area (Å²) < 4.78 is 0. The van der Waals surface area contributed by atoms with Gasteiger partial charge in [0.1, 0.15) is 6.54 Å². The first kappa shape index (κ1) is 15.5. The Morgan fingerprint density at radius 2 is 1.89 bits per heavy atom. The number of amides is 1. The minimum Gasteiger partial charge on any atom is -0.480 e. The number of aryl methyl sites for hydroxylation is 1. The third kappa shape index (κ3) is 3.70. The molecule has 1 aromatic rings. The summed E-state index contributed by atoms with van der Waals surface area (Å²) in [6.45, 7) is 6.82. The van der Waals surface area contributed by atoms with Crippen molar-refractivity contribution in [3.8, 4) is 0 Å². The molecule has 0 radical (unpaired) electrons. The standard InChI is InChI=1S/C14H18ClNO3/c1-9-6-5-7-10(12(9)15)13(19)16(8-11(17)18)14(2,3)4/h5-7H,8H2,1-4H3,(H,17,18). The van der Waals surface area contributed by atoms with Crippen molar-refractivity contribution in [3.63, 3.8) is 0 Å². The monoisotopic (exact) mass is 283 g/mol. The normalized spacial score (nSPS) is 11.2. The highest BCUT2D eigenvalue weighted by atomic mass is 35.5. The second-order valence-electron chi connectivity index (χ2n) is 5.39. The van der Waals surface area contributed by atoms with Crippen LogP contribution in [0.5, 0.6) is 0 Å². The fourth-order valence-electron chi connectivity index (χ4n) is 1.71. The van der Waals surface area contributed by atoms with Crippen molar-refractivity contribution < 1.29 is 14.7 Å². The molecule has 0 heterocycles. The van der Waals surface area contributed by atoms with Crippen molar-refractivity contribution in [1.29, 1.82) is 0 Å². The van der Waals surface area contributed by atoms with Gasteiger partial charge >= 0.3 is 5.97 Å². The van der Waals surface area contributed by atoms with Crippen LogP contribution in [0.3, 0.4) is 0 Å². The lowest BCUT2D eigenvalue weighted by Crippen LogP contribution is -2.48. The molecule has 0 unspecified atom stereocenters. The van der Waals surface area contributed by atoms with Gasteiger partial charge in [-0.25, -0.2) is 0 Å². The van der Waals surface area contributed by atoms with E-state index in [1.165, 1.54) is 4.90 Å². The lowest BCUT2D eigenvalue weighted by atomic mass is 10.0. The Labute approximate surface area is 118 Å². The number of carboxylic acid groups (broad SMARTS) is 1. The number of nitrogens with zero attached hydrogens (tertiary/aromatic N) is 1. The van der Waals surface area contributed by atoms with E-state index >= 15 is 0 Å². The van der Waals surface area contributed by atoms with Crippen molar-refractivity contribution in [1.82, 2.24) is 4.90 Å². The van der Waals surface area contributed by atoms with E-state index in [1.54, 1.807) is 45.9 Å². The number of carbonyl (C=O) groups excluding carboxylic acids is 1. The number of hydrogen-bond acceptors (Lipinski definition) is 2. The van der Waals surface area contributed by atoms with Crippen LogP contribution in [-0.4, -0.2) is 34.0 Å². The number of rotatable bonds is 3. The van der Waals surface area contributed by atoms with Crippen molar-refractivity contribution in [3.05, 3.63) is 34.3 Å². The van der Waals surface area contributed by atoms with E-state index in [4.69, 9.17) is 16.7 Å². The minimum absolute atomic E-state index is 0.331. The van der Waals surface area contributed by atoms with Crippen LogP contribution in [0, 0.1) is 6.92 Å². The third-order valence-corrected chi connectivity index (χ3v) is 3.27. The first-order chi connectivity index (χ1) is 8.64.